The third kappa shape index (κ3) is 4.70. The number of aryl methyl sites for hydroxylation is 1. The number of nitrogen functional groups attached to an aromatic ring is 1. The number of anilines is 1. The smallest absolute Gasteiger partial charge is 0.0672 e. The SMILES string of the molecule is CC1CCc2ccc(N)c(Cl)c21.CCCNCCC. The molecule has 108 valence electrons. The van der Waals surface area contributed by atoms with Crippen molar-refractivity contribution in [2.75, 3.05) is 18.8 Å². The number of rotatable bonds is 4. The summed E-state index contributed by atoms with van der Waals surface area (Å²) >= 11 is 6.11. The molecule has 1 atom stereocenters. The molecule has 0 aromatic heterocycles. The molecule has 0 fully saturated rings. The van der Waals surface area contributed by atoms with Gasteiger partial charge in [-0.15, -0.1) is 0 Å². The Labute approximate surface area is 122 Å². The van der Waals surface area contributed by atoms with Crippen LogP contribution in [0.15, 0.2) is 12.1 Å². The Bertz CT molecular complexity index is 387. The third-order valence-corrected chi connectivity index (χ3v) is 3.91. The molecule has 3 N–H and O–H groups in total. The van der Waals surface area contributed by atoms with Crippen LogP contribution < -0.4 is 11.1 Å². The Kier molecular flexibility index (Phi) is 7.25. The quantitative estimate of drug-likeness (QED) is 0.636. The first-order chi connectivity index (χ1) is 9.11. The first-order valence-electron chi connectivity index (χ1n) is 7.39. The van der Waals surface area contributed by atoms with Crippen molar-refractivity contribution in [3.8, 4) is 0 Å². The van der Waals surface area contributed by atoms with Crippen molar-refractivity contribution in [1.82, 2.24) is 5.32 Å². The highest BCUT2D eigenvalue weighted by atomic mass is 35.5. The minimum Gasteiger partial charge on any atom is -0.398 e. The van der Waals surface area contributed by atoms with E-state index in [2.05, 4.69) is 32.2 Å². The van der Waals surface area contributed by atoms with Crippen LogP contribution in [-0.4, -0.2) is 13.1 Å². The first kappa shape index (κ1) is 16.3. The number of hydrogen-bond donors (Lipinski definition) is 2. The predicted molar refractivity (Wildman–Crippen MR) is 86.1 cm³/mol. The number of nitrogens with two attached hydrogens (primary N) is 1. The van der Waals surface area contributed by atoms with Crippen LogP contribution in [0.4, 0.5) is 5.69 Å². The van der Waals surface area contributed by atoms with E-state index in [9.17, 15) is 0 Å². The van der Waals surface area contributed by atoms with Crippen molar-refractivity contribution in [1.29, 1.82) is 0 Å². The van der Waals surface area contributed by atoms with Crippen molar-refractivity contribution in [3.63, 3.8) is 0 Å². The lowest BCUT2D eigenvalue weighted by Crippen LogP contribution is -2.14. The molecule has 0 amide bonds. The highest BCUT2D eigenvalue weighted by Crippen LogP contribution is 2.39. The van der Waals surface area contributed by atoms with Gasteiger partial charge in [0.2, 0.25) is 0 Å². The zero-order valence-corrected chi connectivity index (χ0v) is 13.2. The maximum Gasteiger partial charge on any atom is 0.0672 e. The second-order valence-electron chi connectivity index (χ2n) is 5.23. The Morgan fingerprint density at radius 1 is 1.26 bits per heavy atom. The first-order valence-corrected chi connectivity index (χ1v) is 7.77. The number of hydrogen-bond acceptors (Lipinski definition) is 2. The summed E-state index contributed by atoms with van der Waals surface area (Å²) in [5.41, 5.74) is 9.09. The fourth-order valence-corrected chi connectivity index (χ4v) is 2.77. The van der Waals surface area contributed by atoms with Crippen molar-refractivity contribution in [3.05, 3.63) is 28.3 Å². The Balaban J connectivity index is 0.000000224. The molecule has 0 aliphatic heterocycles. The van der Waals surface area contributed by atoms with Crippen LogP contribution in [0, 0.1) is 0 Å². The summed E-state index contributed by atoms with van der Waals surface area (Å²) in [7, 11) is 0. The van der Waals surface area contributed by atoms with Crippen molar-refractivity contribution in [2.24, 2.45) is 0 Å². The number of benzene rings is 1. The maximum absolute atomic E-state index is 6.11. The average molecular weight is 283 g/mol. The molecule has 0 heterocycles. The van der Waals surface area contributed by atoms with Crippen LogP contribution in [-0.2, 0) is 6.42 Å². The van der Waals surface area contributed by atoms with E-state index in [1.54, 1.807) is 0 Å². The summed E-state index contributed by atoms with van der Waals surface area (Å²) in [5.74, 6) is 0.580. The van der Waals surface area contributed by atoms with Gasteiger partial charge in [-0.2, -0.15) is 0 Å². The topological polar surface area (TPSA) is 38.0 Å². The molecular weight excluding hydrogens is 256 g/mol. The number of fused-ring (bicyclic) bond motifs is 1. The normalized spacial score (nSPS) is 16.7. The van der Waals surface area contributed by atoms with Crippen LogP contribution in [0.5, 0.6) is 0 Å². The summed E-state index contributed by atoms with van der Waals surface area (Å²) in [6.07, 6.45) is 4.86. The molecule has 0 bridgehead atoms. The standard InChI is InChI=1S/C10H12ClN.C6H15N/c1-6-2-3-7-4-5-8(12)10(11)9(6)7;1-3-5-7-6-4-2/h4-6H,2-3,12H2,1H3;7H,3-6H2,1-2H3. The van der Waals surface area contributed by atoms with Crippen molar-refractivity contribution in [2.45, 2.75) is 52.4 Å². The summed E-state index contributed by atoms with van der Waals surface area (Å²) in [6, 6.07) is 4.00. The molecule has 1 aliphatic carbocycles. The Morgan fingerprint density at radius 3 is 2.47 bits per heavy atom. The third-order valence-electron chi connectivity index (χ3n) is 3.49. The van der Waals surface area contributed by atoms with Gasteiger partial charge in [-0.1, -0.05) is 38.4 Å². The Morgan fingerprint density at radius 2 is 1.89 bits per heavy atom. The Hall–Kier alpha value is -0.730. The van der Waals surface area contributed by atoms with E-state index in [0.29, 0.717) is 11.6 Å². The highest BCUT2D eigenvalue weighted by molar-refractivity contribution is 6.34. The van der Waals surface area contributed by atoms with E-state index in [1.807, 2.05) is 6.07 Å². The zero-order chi connectivity index (χ0) is 14.3. The highest BCUT2D eigenvalue weighted by Gasteiger charge is 2.22. The average Bonchev–Trinajstić information content (AvgIpc) is 2.78. The summed E-state index contributed by atoms with van der Waals surface area (Å²) in [6.45, 7) is 8.92. The van der Waals surface area contributed by atoms with Gasteiger partial charge < -0.3 is 11.1 Å². The molecule has 19 heavy (non-hydrogen) atoms. The van der Waals surface area contributed by atoms with Gasteiger partial charge in [0.25, 0.3) is 0 Å². The second-order valence-corrected chi connectivity index (χ2v) is 5.61. The van der Waals surface area contributed by atoms with E-state index in [1.165, 1.54) is 43.5 Å². The summed E-state index contributed by atoms with van der Waals surface area (Å²) in [5, 5.41) is 4.06. The van der Waals surface area contributed by atoms with Crippen LogP contribution in [0.3, 0.4) is 0 Å². The van der Waals surface area contributed by atoms with Gasteiger partial charge in [-0.3, -0.25) is 0 Å². The van der Waals surface area contributed by atoms with Crippen LogP contribution in [0.25, 0.3) is 0 Å². The molecule has 2 nitrogen and oxygen atoms in total. The van der Waals surface area contributed by atoms with Crippen LogP contribution in [0.2, 0.25) is 5.02 Å². The monoisotopic (exact) mass is 282 g/mol. The van der Waals surface area contributed by atoms with Crippen molar-refractivity contribution >= 4 is 17.3 Å². The minimum atomic E-state index is 0.580. The molecule has 1 unspecified atom stereocenters. The molecule has 1 aliphatic rings. The molecule has 1 aromatic carbocycles. The molecule has 2 rings (SSSR count). The van der Waals surface area contributed by atoms with Crippen LogP contribution in [0.1, 0.15) is 57.1 Å². The zero-order valence-electron chi connectivity index (χ0n) is 12.4. The summed E-state index contributed by atoms with van der Waals surface area (Å²) < 4.78 is 0. The second kappa shape index (κ2) is 8.44. The lowest BCUT2D eigenvalue weighted by atomic mass is 10.0. The molecule has 3 heteroatoms. The van der Waals surface area contributed by atoms with E-state index >= 15 is 0 Å². The van der Waals surface area contributed by atoms with E-state index in [4.69, 9.17) is 17.3 Å². The largest absolute Gasteiger partial charge is 0.398 e. The molecule has 1 aromatic rings. The van der Waals surface area contributed by atoms with E-state index < -0.39 is 0 Å². The van der Waals surface area contributed by atoms with E-state index in [0.717, 1.165) is 11.4 Å². The van der Waals surface area contributed by atoms with Gasteiger partial charge in [-0.05, 0) is 61.9 Å². The molecule has 0 saturated heterocycles. The van der Waals surface area contributed by atoms with Gasteiger partial charge in [0.1, 0.15) is 0 Å². The molecule has 0 saturated carbocycles. The fourth-order valence-electron chi connectivity index (χ4n) is 2.40. The van der Waals surface area contributed by atoms with Gasteiger partial charge >= 0.3 is 0 Å². The van der Waals surface area contributed by atoms with Gasteiger partial charge in [0.15, 0.2) is 0 Å². The molecule has 0 spiro atoms. The molecule has 0 radical (unpaired) electrons. The van der Waals surface area contributed by atoms with Gasteiger partial charge in [0.05, 0.1) is 10.7 Å². The number of halogens is 1. The molecular formula is C16H27ClN2. The maximum atomic E-state index is 6.11. The lowest BCUT2D eigenvalue weighted by molar-refractivity contribution is 0.662. The van der Waals surface area contributed by atoms with Crippen molar-refractivity contribution < 1.29 is 0 Å². The van der Waals surface area contributed by atoms with Gasteiger partial charge in [0, 0.05) is 0 Å². The summed E-state index contributed by atoms with van der Waals surface area (Å²) in [4.78, 5) is 0. The number of nitrogens with one attached hydrogen (secondary N) is 1. The van der Waals surface area contributed by atoms with Crippen LogP contribution >= 0.6 is 11.6 Å². The predicted octanol–water partition coefficient (Wildman–Crippen LogP) is 4.37. The van der Waals surface area contributed by atoms with Gasteiger partial charge in [-0.25, -0.2) is 0 Å². The fraction of sp³-hybridized carbons (Fsp3) is 0.625. The minimum absolute atomic E-state index is 0.580. The van der Waals surface area contributed by atoms with E-state index in [-0.39, 0.29) is 0 Å². The lowest BCUT2D eigenvalue weighted by Gasteiger charge is -2.08.